The number of imide groups is 1. The van der Waals surface area contributed by atoms with E-state index < -0.39 is 35.0 Å². The van der Waals surface area contributed by atoms with Crippen LogP contribution >= 0.6 is 11.6 Å². The van der Waals surface area contributed by atoms with Crippen LogP contribution in [-0.4, -0.2) is 102 Å². The number of nitrogens with one attached hydrogen (secondary N) is 2. The second-order valence-electron chi connectivity index (χ2n) is 18.0. The van der Waals surface area contributed by atoms with E-state index in [4.69, 9.17) is 31.5 Å². The predicted octanol–water partition coefficient (Wildman–Crippen LogP) is 6.56. The van der Waals surface area contributed by atoms with E-state index in [1.54, 1.807) is 4.68 Å². The molecule has 1 saturated carbocycles. The molecule has 3 fully saturated rings. The number of aryl methyl sites for hydroxylation is 1. The number of rotatable bonds is 13. The minimum Gasteiger partial charge on any atom is -0.494 e. The average molecular weight is 938 g/mol. The minimum absolute atomic E-state index is 0.0102. The van der Waals surface area contributed by atoms with Gasteiger partial charge in [0.25, 0.3) is 0 Å². The van der Waals surface area contributed by atoms with Crippen LogP contribution in [0.1, 0.15) is 84.5 Å². The van der Waals surface area contributed by atoms with E-state index in [1.807, 2.05) is 67.4 Å². The van der Waals surface area contributed by atoms with Gasteiger partial charge in [0, 0.05) is 105 Å². The molecule has 2 saturated heterocycles. The van der Waals surface area contributed by atoms with Crippen LogP contribution in [0.5, 0.6) is 17.2 Å². The van der Waals surface area contributed by atoms with E-state index in [0.717, 1.165) is 55.2 Å². The standard InChI is InChI=1S/C50H54ClF2N7O7/c1-28-41-39(26-36(52)44(51)43(41)42-34(47(54)62)15-17-38(65-3)45(42)53)67-50(28,30-7-5-4-6-8-30)27-55-31-11-9-29(10-12-31)49(64)60-21-19-59(20-22-60)23-24-66-32-13-14-33-37(25-32)58(2)57-46(33)35-16-18-40(61)56-48(35)63/h4-8,13-15,17,25-26,28-29,31,35,55H,9-12,16,18-24,27H2,1-3H3,(H2,54,62)(H,56,61,63)/t28-,29?,31?,35?,50-/m0/s1. The number of benzene rings is 4. The van der Waals surface area contributed by atoms with Gasteiger partial charge >= 0.3 is 0 Å². The van der Waals surface area contributed by atoms with Gasteiger partial charge in [-0.15, -0.1) is 0 Å². The van der Waals surface area contributed by atoms with Crippen molar-refractivity contribution < 1.29 is 42.2 Å². The van der Waals surface area contributed by atoms with Crippen molar-refractivity contribution in [1.82, 2.24) is 30.2 Å². The number of aromatic nitrogens is 2. The van der Waals surface area contributed by atoms with Crippen molar-refractivity contribution in [3.63, 3.8) is 0 Å². The number of methoxy groups -OCH3 is 1. The number of nitrogens with two attached hydrogens (primary N) is 1. The molecule has 17 heteroatoms. The summed E-state index contributed by atoms with van der Waals surface area (Å²) < 4.78 is 51.9. The van der Waals surface area contributed by atoms with Gasteiger partial charge < -0.3 is 30.2 Å². The molecular formula is C50H54ClF2N7O7. The maximum Gasteiger partial charge on any atom is 0.249 e. The normalized spacial score (nSPS) is 23.2. The summed E-state index contributed by atoms with van der Waals surface area (Å²) in [6, 6.07) is 19.2. The van der Waals surface area contributed by atoms with Crippen molar-refractivity contribution in [2.24, 2.45) is 18.7 Å². The van der Waals surface area contributed by atoms with Gasteiger partial charge in [0.2, 0.25) is 23.6 Å². The number of primary amides is 1. The molecule has 4 amide bonds. The summed E-state index contributed by atoms with van der Waals surface area (Å²) in [6.45, 7) is 6.19. The number of hydrogen-bond acceptors (Lipinski definition) is 10. The molecule has 4 heterocycles. The van der Waals surface area contributed by atoms with Crippen LogP contribution in [0, 0.1) is 17.6 Å². The number of piperidine rings is 1. The number of ether oxygens (including phenoxy) is 3. The summed E-state index contributed by atoms with van der Waals surface area (Å²) in [6.07, 6.45) is 3.71. The second-order valence-corrected chi connectivity index (χ2v) is 18.4. The Balaban J connectivity index is 0.798. The Kier molecular flexibility index (Phi) is 13.0. The van der Waals surface area contributed by atoms with E-state index in [0.29, 0.717) is 56.2 Å². The first-order chi connectivity index (χ1) is 32.3. The Morgan fingerprint density at radius 2 is 1.73 bits per heavy atom. The van der Waals surface area contributed by atoms with Crippen LogP contribution in [0.2, 0.25) is 5.02 Å². The molecule has 4 aliphatic rings. The summed E-state index contributed by atoms with van der Waals surface area (Å²) in [7, 11) is 3.13. The van der Waals surface area contributed by atoms with Crippen LogP contribution in [0.15, 0.2) is 66.7 Å². The molecule has 3 atom stereocenters. The monoisotopic (exact) mass is 937 g/mol. The van der Waals surface area contributed by atoms with Crippen molar-refractivity contribution in [3.05, 3.63) is 106 Å². The lowest BCUT2D eigenvalue weighted by Gasteiger charge is -2.39. The number of amides is 4. The molecule has 4 N–H and O–H groups in total. The summed E-state index contributed by atoms with van der Waals surface area (Å²) in [5.41, 5.74) is 6.99. The van der Waals surface area contributed by atoms with E-state index in [9.17, 15) is 19.2 Å². The fourth-order valence-corrected chi connectivity index (χ4v) is 10.8. The highest BCUT2D eigenvalue weighted by Gasteiger charge is 2.50. The second kappa shape index (κ2) is 18.9. The topological polar surface area (TPSA) is 170 Å². The molecule has 1 aromatic heterocycles. The molecule has 1 aliphatic carbocycles. The molecule has 67 heavy (non-hydrogen) atoms. The highest BCUT2D eigenvalue weighted by molar-refractivity contribution is 6.34. The number of carbonyl (C=O) groups is 4. The van der Waals surface area contributed by atoms with Gasteiger partial charge in [-0.3, -0.25) is 34.1 Å². The van der Waals surface area contributed by atoms with Crippen molar-refractivity contribution in [3.8, 4) is 28.4 Å². The first kappa shape index (κ1) is 46.0. The number of fused-ring (bicyclic) bond motifs is 2. The third-order valence-corrected chi connectivity index (χ3v) is 14.6. The quantitative estimate of drug-likeness (QED) is 0.110. The molecular weight excluding hydrogens is 884 g/mol. The van der Waals surface area contributed by atoms with Crippen LogP contribution in [0.25, 0.3) is 22.0 Å². The summed E-state index contributed by atoms with van der Waals surface area (Å²) in [5, 5.41) is 11.3. The van der Waals surface area contributed by atoms with Gasteiger partial charge in [0.1, 0.15) is 23.9 Å². The van der Waals surface area contributed by atoms with Crippen LogP contribution in [0.3, 0.4) is 0 Å². The molecule has 0 bridgehead atoms. The van der Waals surface area contributed by atoms with E-state index >= 15 is 8.78 Å². The largest absolute Gasteiger partial charge is 0.494 e. The highest BCUT2D eigenvalue weighted by atomic mass is 35.5. The fraction of sp³-hybridized carbons (Fsp3) is 0.420. The van der Waals surface area contributed by atoms with E-state index in [1.165, 1.54) is 25.3 Å². The lowest BCUT2D eigenvalue weighted by molar-refractivity contribution is -0.138. The Morgan fingerprint density at radius 1 is 0.985 bits per heavy atom. The minimum atomic E-state index is -1.08. The Hall–Kier alpha value is -6.10. The molecule has 0 spiro atoms. The lowest BCUT2D eigenvalue weighted by atomic mass is 9.77. The molecule has 0 radical (unpaired) electrons. The first-order valence-electron chi connectivity index (χ1n) is 22.9. The van der Waals surface area contributed by atoms with Gasteiger partial charge in [0.15, 0.2) is 17.2 Å². The number of halogens is 3. The Labute approximate surface area is 392 Å². The summed E-state index contributed by atoms with van der Waals surface area (Å²) in [5.74, 6) is -3.36. The number of nitrogens with zero attached hydrogens (tertiary/aromatic N) is 4. The number of hydrogen-bond donors (Lipinski definition) is 3. The molecule has 352 valence electrons. The van der Waals surface area contributed by atoms with Gasteiger partial charge in [0.05, 0.1) is 34.8 Å². The van der Waals surface area contributed by atoms with E-state index in [2.05, 4.69) is 20.6 Å². The van der Waals surface area contributed by atoms with E-state index in [-0.39, 0.29) is 69.3 Å². The van der Waals surface area contributed by atoms with Crippen molar-refractivity contribution >= 4 is 46.1 Å². The van der Waals surface area contributed by atoms with Crippen LogP contribution in [-0.2, 0) is 27.0 Å². The van der Waals surface area contributed by atoms with Gasteiger partial charge in [-0.25, -0.2) is 8.78 Å². The molecule has 4 aromatic carbocycles. The lowest BCUT2D eigenvalue weighted by Crippen LogP contribution is -2.52. The molecule has 9 rings (SSSR count). The number of piperazine rings is 1. The third kappa shape index (κ3) is 8.70. The number of carbonyl (C=O) groups excluding carboxylic acids is 4. The molecule has 14 nitrogen and oxygen atoms in total. The Bertz CT molecular complexity index is 2740. The SMILES string of the molecule is COc1ccc(C(N)=O)c(-c2c(Cl)c(F)cc3c2[C@H](C)[C@@](CNC2CCC(C(=O)N4CCN(CCOc5ccc6c(C7CCC(=O)NC7=O)nn(C)c6c5)CC4)CC2)(c2ccccc2)O3)c1F. The zero-order valence-electron chi connectivity index (χ0n) is 37.7. The average Bonchev–Trinajstić information content (AvgIpc) is 3.81. The first-order valence-corrected chi connectivity index (χ1v) is 23.3. The van der Waals surface area contributed by atoms with Crippen molar-refractivity contribution in [1.29, 1.82) is 0 Å². The van der Waals surface area contributed by atoms with Crippen molar-refractivity contribution in [2.75, 3.05) is 53.0 Å². The fourth-order valence-electron chi connectivity index (χ4n) is 10.5. The van der Waals surface area contributed by atoms with Crippen LogP contribution < -0.4 is 30.6 Å². The van der Waals surface area contributed by atoms with Gasteiger partial charge in [-0.05, 0) is 61.9 Å². The maximum atomic E-state index is 16.2. The van der Waals surface area contributed by atoms with Gasteiger partial charge in [-0.2, -0.15) is 5.10 Å². The zero-order valence-corrected chi connectivity index (χ0v) is 38.5. The summed E-state index contributed by atoms with van der Waals surface area (Å²) >= 11 is 6.68. The van der Waals surface area contributed by atoms with Crippen LogP contribution in [0.4, 0.5) is 8.78 Å². The van der Waals surface area contributed by atoms with Crippen molar-refractivity contribution in [2.45, 2.75) is 68.9 Å². The predicted molar refractivity (Wildman–Crippen MR) is 247 cm³/mol. The molecule has 5 aromatic rings. The highest BCUT2D eigenvalue weighted by Crippen LogP contribution is 2.56. The smallest absolute Gasteiger partial charge is 0.249 e. The zero-order chi connectivity index (χ0) is 47.1. The van der Waals surface area contributed by atoms with Gasteiger partial charge in [-0.1, -0.05) is 48.9 Å². The molecule has 3 aliphatic heterocycles. The molecule has 1 unspecified atom stereocenters. The Morgan fingerprint density at radius 3 is 2.43 bits per heavy atom. The maximum absolute atomic E-state index is 16.2. The summed E-state index contributed by atoms with van der Waals surface area (Å²) in [4.78, 5) is 55.0. The third-order valence-electron chi connectivity index (χ3n) is 14.3.